The molecule has 0 aromatic heterocycles. The molecule has 2 N–H and O–H groups in total. The molecule has 3 aliphatic carbocycles. The number of hydrogen-bond acceptors (Lipinski definition) is 4. The Kier molecular flexibility index (Phi) is 7.27. The van der Waals surface area contributed by atoms with Gasteiger partial charge < -0.3 is 10.2 Å². The fourth-order valence-corrected chi connectivity index (χ4v) is 6.64. The highest BCUT2D eigenvalue weighted by Crippen LogP contribution is 2.56. The lowest BCUT2D eigenvalue weighted by Gasteiger charge is -2.54. The third-order valence-corrected chi connectivity index (χ3v) is 9.66. The second-order valence-corrected chi connectivity index (χ2v) is 11.9. The van der Waals surface area contributed by atoms with Crippen molar-refractivity contribution in [2.45, 2.75) is 98.2 Å². The van der Waals surface area contributed by atoms with E-state index in [-0.39, 0.29) is 24.0 Å². The predicted octanol–water partition coefficient (Wildman–Crippen LogP) is 5.27. The minimum atomic E-state index is -1.16. The molecule has 3 aliphatic rings. The van der Waals surface area contributed by atoms with Crippen molar-refractivity contribution in [3.8, 4) is 0 Å². The van der Waals surface area contributed by atoms with Crippen LogP contribution in [0.4, 0.5) is 0 Å². The highest BCUT2D eigenvalue weighted by atomic mass is 16.3. The molecule has 0 aromatic carbocycles. The lowest BCUT2D eigenvalue weighted by Crippen LogP contribution is -2.58. The monoisotopic (exact) mass is 444 g/mol. The number of rotatable bonds is 7. The minimum Gasteiger partial charge on any atom is -0.393 e. The molecule has 0 aliphatic heterocycles. The molecule has 0 bridgehead atoms. The van der Waals surface area contributed by atoms with E-state index in [0.29, 0.717) is 55.6 Å². The molecule has 3 rings (SSSR count). The Morgan fingerprint density at radius 3 is 2.47 bits per heavy atom. The maximum Gasteiger partial charge on any atom is 0.159 e. The number of aliphatic hydroxyl groups is 2. The van der Waals surface area contributed by atoms with Crippen LogP contribution in [0.3, 0.4) is 0 Å². The number of allylic oxidation sites excluding steroid dienone is 3. The summed E-state index contributed by atoms with van der Waals surface area (Å²) in [4.78, 5) is 26.0. The molecule has 0 spiro atoms. The molecule has 32 heavy (non-hydrogen) atoms. The minimum absolute atomic E-state index is 0.0536. The molecule has 2 fully saturated rings. The Morgan fingerprint density at radius 1 is 1.12 bits per heavy atom. The number of aliphatic hydroxyl groups excluding tert-OH is 1. The SMILES string of the molecule is CC(C)[C@@H](C)/C=C/[C@@H](C)[C@H]1CCC(=O)[C@]1(C)CC[C@H]1C(=O)C=C[C@@]2(O)C[C@@H](O)CC[C@]12C. The fourth-order valence-electron chi connectivity index (χ4n) is 6.64. The molecule has 0 radical (unpaired) electrons. The smallest absolute Gasteiger partial charge is 0.159 e. The molecule has 0 saturated heterocycles. The third-order valence-electron chi connectivity index (χ3n) is 9.66. The summed E-state index contributed by atoms with van der Waals surface area (Å²) < 4.78 is 0. The summed E-state index contributed by atoms with van der Waals surface area (Å²) in [6.07, 6.45) is 11.5. The van der Waals surface area contributed by atoms with E-state index in [1.807, 2.05) is 6.92 Å². The van der Waals surface area contributed by atoms with Crippen molar-refractivity contribution < 1.29 is 19.8 Å². The number of ketones is 2. The van der Waals surface area contributed by atoms with Gasteiger partial charge >= 0.3 is 0 Å². The molecule has 0 amide bonds. The highest BCUT2D eigenvalue weighted by Gasteiger charge is 2.58. The summed E-state index contributed by atoms with van der Waals surface area (Å²) in [6.45, 7) is 13.0. The van der Waals surface area contributed by atoms with E-state index in [1.54, 1.807) is 6.08 Å². The van der Waals surface area contributed by atoms with Crippen LogP contribution in [0.5, 0.6) is 0 Å². The van der Waals surface area contributed by atoms with Gasteiger partial charge in [0.15, 0.2) is 5.78 Å². The summed E-state index contributed by atoms with van der Waals surface area (Å²) in [5, 5.41) is 21.5. The Labute approximate surface area is 194 Å². The largest absolute Gasteiger partial charge is 0.393 e. The maximum atomic E-state index is 13.1. The molecule has 8 atom stereocenters. The Bertz CT molecular complexity index is 782. The van der Waals surface area contributed by atoms with Gasteiger partial charge in [0.05, 0.1) is 11.7 Å². The van der Waals surface area contributed by atoms with Crippen molar-refractivity contribution >= 4 is 11.6 Å². The number of Topliss-reactive ketones (excluding diaryl/α,β-unsaturated/α-hetero) is 1. The van der Waals surface area contributed by atoms with E-state index in [9.17, 15) is 19.8 Å². The number of fused-ring (bicyclic) bond motifs is 1. The van der Waals surface area contributed by atoms with Gasteiger partial charge in [-0.15, -0.1) is 0 Å². The van der Waals surface area contributed by atoms with Crippen LogP contribution < -0.4 is 0 Å². The number of hydrogen-bond donors (Lipinski definition) is 2. The van der Waals surface area contributed by atoms with Crippen molar-refractivity contribution in [2.24, 2.45) is 40.4 Å². The zero-order valence-corrected chi connectivity index (χ0v) is 20.9. The Hall–Kier alpha value is -1.26. The molecule has 4 heteroatoms. The standard InChI is InChI=1S/C28H44O4/c1-18(2)19(3)7-8-20(4)22-9-10-25(31)26(22,5)14-12-23-24(30)13-16-28(32)17-21(29)11-15-27(23,28)6/h7-8,13,16,18-23,29,32H,9-12,14-15,17H2,1-6H3/b8-7+/t19-,20+,21-,22+,23-,26+,27+,28+/m0/s1. The van der Waals surface area contributed by atoms with Crippen LogP contribution in [0.1, 0.15) is 86.5 Å². The van der Waals surface area contributed by atoms with Gasteiger partial charge in [0.25, 0.3) is 0 Å². The maximum absolute atomic E-state index is 13.1. The van der Waals surface area contributed by atoms with Crippen molar-refractivity contribution in [2.75, 3.05) is 0 Å². The van der Waals surface area contributed by atoms with E-state index < -0.39 is 22.5 Å². The van der Waals surface area contributed by atoms with E-state index >= 15 is 0 Å². The molecule has 4 nitrogen and oxygen atoms in total. The van der Waals surface area contributed by atoms with Crippen molar-refractivity contribution in [3.63, 3.8) is 0 Å². The topological polar surface area (TPSA) is 74.6 Å². The molecule has 0 aromatic rings. The van der Waals surface area contributed by atoms with Crippen LogP contribution >= 0.6 is 0 Å². The first kappa shape index (κ1) is 25.4. The van der Waals surface area contributed by atoms with Crippen LogP contribution in [0.25, 0.3) is 0 Å². The molecular formula is C28H44O4. The Morgan fingerprint density at radius 2 is 1.81 bits per heavy atom. The van der Waals surface area contributed by atoms with E-state index in [4.69, 9.17) is 0 Å². The predicted molar refractivity (Wildman–Crippen MR) is 128 cm³/mol. The second-order valence-electron chi connectivity index (χ2n) is 11.9. The highest BCUT2D eigenvalue weighted by molar-refractivity contribution is 5.94. The van der Waals surface area contributed by atoms with Crippen molar-refractivity contribution in [1.29, 1.82) is 0 Å². The van der Waals surface area contributed by atoms with Crippen LogP contribution in [0.2, 0.25) is 0 Å². The number of carbonyl (C=O) groups excluding carboxylic acids is 2. The van der Waals surface area contributed by atoms with Gasteiger partial charge in [-0.1, -0.05) is 53.7 Å². The van der Waals surface area contributed by atoms with Gasteiger partial charge in [0, 0.05) is 29.6 Å². The first-order chi connectivity index (χ1) is 14.8. The average Bonchev–Trinajstić information content (AvgIpc) is 3.01. The van der Waals surface area contributed by atoms with Crippen LogP contribution in [-0.2, 0) is 9.59 Å². The van der Waals surface area contributed by atoms with Gasteiger partial charge in [-0.3, -0.25) is 9.59 Å². The lowest BCUT2D eigenvalue weighted by molar-refractivity contribution is -0.156. The molecule has 180 valence electrons. The molecule has 2 saturated carbocycles. The zero-order valence-electron chi connectivity index (χ0n) is 20.9. The fraction of sp³-hybridized carbons (Fsp3) is 0.786. The van der Waals surface area contributed by atoms with Gasteiger partial charge in [-0.25, -0.2) is 0 Å². The third kappa shape index (κ3) is 4.42. The first-order valence-corrected chi connectivity index (χ1v) is 12.7. The average molecular weight is 445 g/mol. The first-order valence-electron chi connectivity index (χ1n) is 12.7. The second kappa shape index (κ2) is 9.18. The van der Waals surface area contributed by atoms with E-state index in [2.05, 4.69) is 46.8 Å². The summed E-state index contributed by atoms with van der Waals surface area (Å²) in [7, 11) is 0. The normalized spacial score (nSPS) is 42.0. The van der Waals surface area contributed by atoms with Gasteiger partial charge in [-0.2, -0.15) is 0 Å². The van der Waals surface area contributed by atoms with Crippen LogP contribution in [0, 0.1) is 40.4 Å². The number of carbonyl (C=O) groups is 2. The summed E-state index contributed by atoms with van der Waals surface area (Å²) in [6, 6.07) is 0. The van der Waals surface area contributed by atoms with Crippen LogP contribution in [0.15, 0.2) is 24.3 Å². The van der Waals surface area contributed by atoms with Gasteiger partial charge in [-0.05, 0) is 67.9 Å². The molecule has 0 unspecified atom stereocenters. The van der Waals surface area contributed by atoms with E-state index in [0.717, 1.165) is 6.42 Å². The van der Waals surface area contributed by atoms with Crippen molar-refractivity contribution in [1.82, 2.24) is 0 Å². The lowest BCUT2D eigenvalue weighted by atomic mass is 9.53. The van der Waals surface area contributed by atoms with E-state index in [1.165, 1.54) is 6.08 Å². The Balaban J connectivity index is 1.78. The molecule has 0 heterocycles. The summed E-state index contributed by atoms with van der Waals surface area (Å²) in [5.41, 5.74) is -2.19. The van der Waals surface area contributed by atoms with Gasteiger partial charge in [0.1, 0.15) is 5.78 Å². The molecular weight excluding hydrogens is 400 g/mol. The zero-order chi connectivity index (χ0) is 23.9. The van der Waals surface area contributed by atoms with Crippen molar-refractivity contribution in [3.05, 3.63) is 24.3 Å². The van der Waals surface area contributed by atoms with Crippen LogP contribution in [-0.4, -0.2) is 33.5 Å². The quantitative estimate of drug-likeness (QED) is 0.524. The summed E-state index contributed by atoms with van der Waals surface area (Å²) >= 11 is 0. The van der Waals surface area contributed by atoms with Gasteiger partial charge in [0.2, 0.25) is 0 Å². The summed E-state index contributed by atoms with van der Waals surface area (Å²) in [5.74, 6) is 1.74.